The van der Waals surface area contributed by atoms with Crippen LogP contribution in [0.15, 0.2) is 32.7 Å². The van der Waals surface area contributed by atoms with Gasteiger partial charge in [-0.2, -0.15) is 0 Å². The number of carbonyl (C=O) groups excluding carboxylic acids is 1. The fourth-order valence-corrected chi connectivity index (χ4v) is 3.15. The molecule has 0 unspecified atom stereocenters. The molecule has 0 fully saturated rings. The van der Waals surface area contributed by atoms with Crippen molar-refractivity contribution in [2.75, 3.05) is 13.7 Å². The zero-order chi connectivity index (χ0) is 13.7. The molecule has 0 atom stereocenters. The first kappa shape index (κ1) is 14.3. The van der Waals surface area contributed by atoms with Gasteiger partial charge in [-0.05, 0) is 40.5 Å². The zero-order valence-corrected chi connectivity index (χ0v) is 12.8. The molecule has 19 heavy (non-hydrogen) atoms. The second-order valence-electron chi connectivity index (χ2n) is 3.90. The molecule has 0 spiro atoms. The minimum atomic E-state index is -0.441. The summed E-state index contributed by atoms with van der Waals surface area (Å²) >= 11 is 5.17. The number of esters is 1. The minimum absolute atomic E-state index is 0.272. The molecule has 0 bridgehead atoms. The smallest absolute Gasteiger partial charge is 0.374 e. The molecule has 0 aliphatic rings. The van der Waals surface area contributed by atoms with Gasteiger partial charge in [0, 0.05) is 23.5 Å². The third-order valence-electron chi connectivity index (χ3n) is 2.61. The van der Waals surface area contributed by atoms with Crippen molar-refractivity contribution in [3.63, 3.8) is 0 Å². The highest BCUT2D eigenvalue weighted by Crippen LogP contribution is 2.22. The molecular formula is C13H14BrNO3S. The first-order valence-corrected chi connectivity index (χ1v) is 7.41. The standard InChI is InChI=1S/C13H14BrNO3S/c1-17-13(16)12-9(5-7-18-12)8-15-6-4-10-2-3-11(14)19-10/h2-3,5,7,15H,4,6,8H2,1H3. The van der Waals surface area contributed by atoms with Crippen molar-refractivity contribution in [1.29, 1.82) is 0 Å². The van der Waals surface area contributed by atoms with Crippen molar-refractivity contribution in [3.05, 3.63) is 44.4 Å². The van der Waals surface area contributed by atoms with E-state index in [1.807, 2.05) is 6.07 Å². The number of ether oxygens (including phenoxy) is 1. The predicted octanol–water partition coefficient (Wildman–Crippen LogP) is 3.22. The van der Waals surface area contributed by atoms with Gasteiger partial charge in [0.05, 0.1) is 17.2 Å². The number of furan rings is 1. The van der Waals surface area contributed by atoms with Gasteiger partial charge in [-0.1, -0.05) is 0 Å². The van der Waals surface area contributed by atoms with Crippen molar-refractivity contribution in [2.45, 2.75) is 13.0 Å². The lowest BCUT2D eigenvalue weighted by Crippen LogP contribution is -2.17. The number of carbonyl (C=O) groups is 1. The highest BCUT2D eigenvalue weighted by molar-refractivity contribution is 9.11. The summed E-state index contributed by atoms with van der Waals surface area (Å²) < 4.78 is 10.9. The summed E-state index contributed by atoms with van der Waals surface area (Å²) in [4.78, 5) is 12.7. The number of hydrogen-bond acceptors (Lipinski definition) is 5. The summed E-state index contributed by atoms with van der Waals surface area (Å²) in [6.07, 6.45) is 2.46. The predicted molar refractivity (Wildman–Crippen MR) is 77.5 cm³/mol. The molecule has 4 nitrogen and oxygen atoms in total. The first-order valence-electron chi connectivity index (χ1n) is 5.80. The van der Waals surface area contributed by atoms with Crippen LogP contribution in [-0.2, 0) is 17.7 Å². The van der Waals surface area contributed by atoms with Crippen LogP contribution in [0.25, 0.3) is 0 Å². The Bertz CT molecular complexity index is 550. The Hall–Kier alpha value is -1.11. The molecule has 1 N–H and O–H groups in total. The third-order valence-corrected chi connectivity index (χ3v) is 4.29. The van der Waals surface area contributed by atoms with Gasteiger partial charge < -0.3 is 14.5 Å². The van der Waals surface area contributed by atoms with Crippen LogP contribution in [0.1, 0.15) is 21.0 Å². The van der Waals surface area contributed by atoms with Gasteiger partial charge in [-0.15, -0.1) is 11.3 Å². The summed E-state index contributed by atoms with van der Waals surface area (Å²) in [5.41, 5.74) is 0.819. The summed E-state index contributed by atoms with van der Waals surface area (Å²) in [6.45, 7) is 1.44. The van der Waals surface area contributed by atoms with Crippen molar-refractivity contribution in [3.8, 4) is 0 Å². The molecule has 2 aromatic rings. The minimum Gasteiger partial charge on any atom is -0.463 e. The molecule has 0 saturated heterocycles. The fraction of sp³-hybridized carbons (Fsp3) is 0.308. The van der Waals surface area contributed by atoms with Gasteiger partial charge in [0.2, 0.25) is 5.76 Å². The topological polar surface area (TPSA) is 51.5 Å². The van der Waals surface area contributed by atoms with Crippen molar-refractivity contribution in [1.82, 2.24) is 5.32 Å². The van der Waals surface area contributed by atoms with Gasteiger partial charge >= 0.3 is 5.97 Å². The largest absolute Gasteiger partial charge is 0.463 e. The van der Waals surface area contributed by atoms with Crippen LogP contribution in [-0.4, -0.2) is 19.6 Å². The van der Waals surface area contributed by atoms with E-state index < -0.39 is 5.97 Å². The number of halogens is 1. The van der Waals surface area contributed by atoms with Crippen molar-refractivity contribution in [2.24, 2.45) is 0 Å². The average Bonchev–Trinajstić information content (AvgIpc) is 3.03. The van der Waals surface area contributed by atoms with E-state index in [1.54, 1.807) is 17.4 Å². The zero-order valence-electron chi connectivity index (χ0n) is 10.4. The van der Waals surface area contributed by atoms with Gasteiger partial charge in [0.15, 0.2) is 0 Å². The number of nitrogens with one attached hydrogen (secondary N) is 1. The number of thiophene rings is 1. The van der Waals surface area contributed by atoms with Crippen LogP contribution in [0.2, 0.25) is 0 Å². The molecule has 0 aliphatic carbocycles. The van der Waals surface area contributed by atoms with Gasteiger partial charge in [0.25, 0.3) is 0 Å². The molecule has 6 heteroatoms. The van der Waals surface area contributed by atoms with Crippen molar-refractivity contribution >= 4 is 33.2 Å². The second kappa shape index (κ2) is 6.88. The molecule has 0 amide bonds. The van der Waals surface area contributed by atoms with Gasteiger partial charge in [0.1, 0.15) is 0 Å². The van der Waals surface area contributed by atoms with E-state index in [0.29, 0.717) is 6.54 Å². The Morgan fingerprint density at radius 2 is 2.32 bits per heavy atom. The summed E-state index contributed by atoms with van der Waals surface area (Å²) in [7, 11) is 1.34. The van der Waals surface area contributed by atoms with E-state index in [4.69, 9.17) is 4.42 Å². The summed E-state index contributed by atoms with van der Waals surface area (Å²) in [6, 6.07) is 5.93. The van der Waals surface area contributed by atoms with Crippen LogP contribution in [0.3, 0.4) is 0 Å². The number of rotatable bonds is 6. The lowest BCUT2D eigenvalue weighted by Gasteiger charge is -2.03. The Kier molecular flexibility index (Phi) is 5.18. The maximum Gasteiger partial charge on any atom is 0.374 e. The Labute approximate surface area is 123 Å². The Morgan fingerprint density at radius 3 is 3.00 bits per heavy atom. The summed E-state index contributed by atoms with van der Waals surface area (Å²) in [5.74, 6) is -0.169. The SMILES string of the molecule is COC(=O)c1occc1CNCCc1ccc(Br)s1. The van der Waals surface area contributed by atoms with Crippen LogP contribution >= 0.6 is 27.3 Å². The summed E-state index contributed by atoms with van der Waals surface area (Å²) in [5, 5.41) is 3.29. The van der Waals surface area contributed by atoms with Gasteiger partial charge in [-0.25, -0.2) is 4.79 Å². The highest BCUT2D eigenvalue weighted by atomic mass is 79.9. The highest BCUT2D eigenvalue weighted by Gasteiger charge is 2.14. The number of methoxy groups -OCH3 is 1. The van der Waals surface area contributed by atoms with E-state index in [-0.39, 0.29) is 5.76 Å². The molecule has 2 aromatic heterocycles. The van der Waals surface area contributed by atoms with E-state index >= 15 is 0 Å². The molecule has 2 rings (SSSR count). The molecule has 0 aromatic carbocycles. The third kappa shape index (κ3) is 3.92. The average molecular weight is 344 g/mol. The van der Waals surface area contributed by atoms with Crippen LogP contribution < -0.4 is 5.32 Å². The maximum absolute atomic E-state index is 11.4. The monoisotopic (exact) mass is 343 g/mol. The van der Waals surface area contributed by atoms with E-state index in [1.165, 1.54) is 18.3 Å². The normalized spacial score (nSPS) is 10.6. The molecule has 0 radical (unpaired) electrons. The van der Waals surface area contributed by atoms with E-state index in [0.717, 1.165) is 22.3 Å². The van der Waals surface area contributed by atoms with Crippen LogP contribution in [0.4, 0.5) is 0 Å². The number of hydrogen-bond donors (Lipinski definition) is 1. The first-order chi connectivity index (χ1) is 9.20. The van der Waals surface area contributed by atoms with Crippen molar-refractivity contribution < 1.29 is 13.9 Å². The second-order valence-corrected chi connectivity index (χ2v) is 6.45. The molecule has 102 valence electrons. The van der Waals surface area contributed by atoms with E-state index in [2.05, 4.69) is 32.0 Å². The molecule has 0 saturated carbocycles. The Balaban J connectivity index is 1.80. The lowest BCUT2D eigenvalue weighted by atomic mass is 10.2. The lowest BCUT2D eigenvalue weighted by molar-refractivity contribution is 0.0563. The fourth-order valence-electron chi connectivity index (χ4n) is 1.67. The van der Waals surface area contributed by atoms with Gasteiger partial charge in [-0.3, -0.25) is 0 Å². The molecule has 0 aliphatic heterocycles. The quantitative estimate of drug-likeness (QED) is 0.646. The molecular weight excluding hydrogens is 330 g/mol. The van der Waals surface area contributed by atoms with E-state index in [9.17, 15) is 4.79 Å². The maximum atomic E-state index is 11.4. The molecule has 2 heterocycles. The van der Waals surface area contributed by atoms with Crippen LogP contribution in [0.5, 0.6) is 0 Å². The Morgan fingerprint density at radius 1 is 1.47 bits per heavy atom. The van der Waals surface area contributed by atoms with Crippen LogP contribution in [0, 0.1) is 0 Å².